The Hall–Kier alpha value is -2.12. The van der Waals surface area contributed by atoms with Gasteiger partial charge in [-0.3, -0.25) is 19.2 Å². The van der Waals surface area contributed by atoms with Crippen molar-refractivity contribution < 1.29 is 19.2 Å². The van der Waals surface area contributed by atoms with E-state index in [1.165, 1.54) is 4.90 Å². The minimum atomic E-state index is -0.545. The van der Waals surface area contributed by atoms with Gasteiger partial charge in [-0.1, -0.05) is 0 Å². The van der Waals surface area contributed by atoms with E-state index in [1.807, 2.05) is 0 Å². The molecule has 2 heterocycles. The molecule has 8 nitrogen and oxygen atoms in total. The lowest BCUT2D eigenvalue weighted by Crippen LogP contribution is -2.52. The average Bonchev–Trinajstić information content (AvgIpc) is 2.88. The van der Waals surface area contributed by atoms with Crippen molar-refractivity contribution in [2.45, 2.75) is 18.9 Å². The van der Waals surface area contributed by atoms with Crippen LogP contribution < -0.4 is 16.0 Å². The fourth-order valence-corrected chi connectivity index (χ4v) is 2.20. The summed E-state index contributed by atoms with van der Waals surface area (Å²) in [5.74, 6) is -1.46. The molecule has 3 N–H and O–H groups in total. The highest BCUT2D eigenvalue weighted by Crippen LogP contribution is 2.17. The Labute approximate surface area is 109 Å². The van der Waals surface area contributed by atoms with Gasteiger partial charge in [0.15, 0.2) is 0 Å². The quantitative estimate of drug-likeness (QED) is 0.445. The lowest BCUT2D eigenvalue weighted by Gasteiger charge is -2.24. The molecule has 2 aliphatic heterocycles. The van der Waals surface area contributed by atoms with E-state index in [0.29, 0.717) is 13.0 Å². The molecule has 104 valence electrons. The number of nitrogens with zero attached hydrogens (tertiary/aromatic N) is 1. The molecule has 0 spiro atoms. The van der Waals surface area contributed by atoms with Gasteiger partial charge in [0.2, 0.25) is 23.6 Å². The van der Waals surface area contributed by atoms with Gasteiger partial charge >= 0.3 is 0 Å². The molecular weight excluding hydrogens is 252 g/mol. The number of hydrogen-bond acceptors (Lipinski definition) is 4. The Bertz CT molecular complexity index is 385. The summed E-state index contributed by atoms with van der Waals surface area (Å²) < 4.78 is 0. The maximum atomic E-state index is 11.9. The van der Waals surface area contributed by atoms with Crippen LogP contribution in [0.4, 0.5) is 0 Å². The second-order valence-corrected chi connectivity index (χ2v) is 4.52. The van der Waals surface area contributed by atoms with E-state index in [-0.39, 0.29) is 31.4 Å². The SMILES string of the molecule is O=C1CNC(=O)CNC(=O)C2CCCN2C(=O)CN1. The van der Waals surface area contributed by atoms with Crippen molar-refractivity contribution in [1.82, 2.24) is 20.9 Å². The fraction of sp³-hybridized carbons (Fsp3) is 0.636. The van der Waals surface area contributed by atoms with E-state index in [2.05, 4.69) is 16.0 Å². The molecule has 0 aromatic carbocycles. The molecule has 0 aromatic heterocycles. The molecule has 4 amide bonds. The molecule has 8 heteroatoms. The largest absolute Gasteiger partial charge is 0.346 e. The first-order valence-corrected chi connectivity index (χ1v) is 6.18. The van der Waals surface area contributed by atoms with Crippen LogP contribution in [0, 0.1) is 0 Å². The maximum absolute atomic E-state index is 11.9. The van der Waals surface area contributed by atoms with Crippen LogP contribution in [0.5, 0.6) is 0 Å². The third-order valence-corrected chi connectivity index (χ3v) is 3.18. The summed E-state index contributed by atoms with van der Waals surface area (Å²) in [5.41, 5.74) is 0. The highest BCUT2D eigenvalue weighted by molar-refractivity contribution is 5.94. The van der Waals surface area contributed by atoms with Crippen molar-refractivity contribution in [3.05, 3.63) is 0 Å². The number of fused-ring (bicyclic) bond motifs is 1. The fourth-order valence-electron chi connectivity index (χ4n) is 2.20. The van der Waals surface area contributed by atoms with Gasteiger partial charge in [-0.05, 0) is 12.8 Å². The Morgan fingerprint density at radius 2 is 1.53 bits per heavy atom. The molecule has 0 aliphatic carbocycles. The monoisotopic (exact) mass is 268 g/mol. The maximum Gasteiger partial charge on any atom is 0.243 e. The van der Waals surface area contributed by atoms with Crippen molar-refractivity contribution in [3.63, 3.8) is 0 Å². The minimum absolute atomic E-state index is 0.154. The van der Waals surface area contributed by atoms with Crippen LogP contribution in [0.3, 0.4) is 0 Å². The molecule has 0 saturated carbocycles. The molecule has 0 radical (unpaired) electrons. The number of hydrogen-bond donors (Lipinski definition) is 3. The lowest BCUT2D eigenvalue weighted by atomic mass is 10.2. The molecule has 0 bridgehead atoms. The minimum Gasteiger partial charge on any atom is -0.346 e. The molecular formula is C11H16N4O4. The highest BCUT2D eigenvalue weighted by Gasteiger charge is 2.34. The Balaban J connectivity index is 2.09. The zero-order chi connectivity index (χ0) is 13.8. The normalized spacial score (nSPS) is 25.7. The number of amides is 4. The summed E-state index contributed by atoms with van der Waals surface area (Å²) in [7, 11) is 0. The highest BCUT2D eigenvalue weighted by atomic mass is 16.2. The zero-order valence-electron chi connectivity index (χ0n) is 10.4. The second kappa shape index (κ2) is 5.68. The van der Waals surface area contributed by atoms with Crippen molar-refractivity contribution in [1.29, 1.82) is 0 Å². The summed E-state index contributed by atoms with van der Waals surface area (Å²) in [6.45, 7) is -0.0481. The van der Waals surface area contributed by atoms with E-state index >= 15 is 0 Å². The van der Waals surface area contributed by atoms with E-state index in [1.54, 1.807) is 0 Å². The first kappa shape index (κ1) is 13.3. The van der Waals surface area contributed by atoms with Crippen molar-refractivity contribution in [2.24, 2.45) is 0 Å². The summed E-state index contributed by atoms with van der Waals surface area (Å²) in [4.78, 5) is 48.0. The Morgan fingerprint density at radius 3 is 2.26 bits per heavy atom. The standard InChI is InChI=1S/C11H16N4O4/c16-8-4-12-9(17)5-14-11(19)7-2-1-3-15(7)10(18)6-13-8/h7H,1-6H2,(H,12,17)(H,13,16)(H,14,19). The molecule has 2 aliphatic rings. The second-order valence-electron chi connectivity index (χ2n) is 4.52. The predicted octanol–water partition coefficient (Wildman–Crippen LogP) is -2.66. The number of rotatable bonds is 0. The van der Waals surface area contributed by atoms with Crippen LogP contribution in [0.1, 0.15) is 12.8 Å². The summed E-state index contributed by atoms with van der Waals surface area (Å²) in [5, 5.41) is 7.26. The third-order valence-electron chi connectivity index (χ3n) is 3.18. The first-order chi connectivity index (χ1) is 9.08. The molecule has 2 saturated heterocycles. The molecule has 1 atom stereocenters. The van der Waals surface area contributed by atoms with Crippen LogP contribution in [0.15, 0.2) is 0 Å². The molecule has 0 aromatic rings. The number of nitrogens with one attached hydrogen (secondary N) is 3. The van der Waals surface area contributed by atoms with Gasteiger partial charge in [-0.25, -0.2) is 0 Å². The van der Waals surface area contributed by atoms with E-state index in [9.17, 15) is 19.2 Å². The van der Waals surface area contributed by atoms with E-state index in [4.69, 9.17) is 0 Å². The topological polar surface area (TPSA) is 108 Å². The van der Waals surface area contributed by atoms with E-state index in [0.717, 1.165) is 6.42 Å². The van der Waals surface area contributed by atoms with Crippen LogP contribution in [0.25, 0.3) is 0 Å². The van der Waals surface area contributed by atoms with Gasteiger partial charge in [-0.2, -0.15) is 0 Å². The average molecular weight is 268 g/mol. The lowest BCUT2D eigenvalue weighted by molar-refractivity contribution is -0.139. The van der Waals surface area contributed by atoms with E-state index < -0.39 is 17.9 Å². The van der Waals surface area contributed by atoms with Gasteiger partial charge in [0.25, 0.3) is 0 Å². The van der Waals surface area contributed by atoms with Crippen molar-refractivity contribution in [3.8, 4) is 0 Å². The molecule has 1 unspecified atom stereocenters. The Kier molecular flexibility index (Phi) is 3.98. The summed E-state index contributed by atoms with van der Waals surface area (Å²) in [6, 6.07) is -0.545. The number of carbonyl (C=O) groups is 4. The van der Waals surface area contributed by atoms with Gasteiger partial charge < -0.3 is 20.9 Å². The van der Waals surface area contributed by atoms with Gasteiger partial charge in [0.1, 0.15) is 6.04 Å². The van der Waals surface area contributed by atoms with Crippen LogP contribution in [0.2, 0.25) is 0 Å². The number of carbonyl (C=O) groups excluding carboxylic acids is 4. The van der Waals surface area contributed by atoms with Gasteiger partial charge in [0, 0.05) is 6.54 Å². The molecule has 2 rings (SSSR count). The van der Waals surface area contributed by atoms with Gasteiger partial charge in [-0.15, -0.1) is 0 Å². The predicted molar refractivity (Wildman–Crippen MR) is 63.8 cm³/mol. The molecule has 2 fully saturated rings. The summed E-state index contributed by atoms with van der Waals surface area (Å²) >= 11 is 0. The van der Waals surface area contributed by atoms with Gasteiger partial charge in [0.05, 0.1) is 19.6 Å². The molecule has 19 heavy (non-hydrogen) atoms. The van der Waals surface area contributed by atoms with Crippen molar-refractivity contribution >= 4 is 23.6 Å². The first-order valence-electron chi connectivity index (χ1n) is 6.18. The zero-order valence-corrected chi connectivity index (χ0v) is 10.4. The van der Waals surface area contributed by atoms with Crippen LogP contribution in [-0.2, 0) is 19.2 Å². The summed E-state index contributed by atoms with van der Waals surface area (Å²) in [6.07, 6.45) is 1.32. The van der Waals surface area contributed by atoms with Crippen LogP contribution in [-0.4, -0.2) is 60.7 Å². The smallest absolute Gasteiger partial charge is 0.243 e. The Morgan fingerprint density at radius 1 is 0.895 bits per heavy atom. The van der Waals surface area contributed by atoms with Crippen molar-refractivity contribution in [2.75, 3.05) is 26.2 Å². The third kappa shape index (κ3) is 3.21. The van der Waals surface area contributed by atoms with Crippen LogP contribution >= 0.6 is 0 Å².